The monoisotopic (exact) mass is 200 g/mol. The summed E-state index contributed by atoms with van der Waals surface area (Å²) in [6.45, 7) is 1.64. The summed E-state index contributed by atoms with van der Waals surface area (Å²) < 4.78 is 4.96. The molecule has 0 saturated heterocycles. The number of hydrogen-bond acceptors (Lipinski definition) is 3. The fourth-order valence-electron chi connectivity index (χ4n) is 1.95. The van der Waals surface area contributed by atoms with E-state index in [0.717, 1.165) is 38.8 Å². The van der Waals surface area contributed by atoms with Crippen LogP contribution in [0, 0.1) is 5.92 Å². The number of primary amides is 1. The number of carbonyl (C=O) groups is 1. The van der Waals surface area contributed by atoms with E-state index in [-0.39, 0.29) is 11.8 Å². The van der Waals surface area contributed by atoms with Crippen molar-refractivity contribution in [3.8, 4) is 0 Å². The van der Waals surface area contributed by atoms with Crippen molar-refractivity contribution in [2.24, 2.45) is 11.7 Å². The number of rotatable bonds is 5. The van der Waals surface area contributed by atoms with Crippen LogP contribution in [0.1, 0.15) is 25.7 Å². The standard InChI is InChI=1S/C10H20N2O2/c1-14-7-6-12-9-4-2-8(3-5-9)10(11)13/h8-9,12H,2-7H2,1H3,(H2,11,13). The summed E-state index contributed by atoms with van der Waals surface area (Å²) >= 11 is 0. The maximum atomic E-state index is 10.9. The van der Waals surface area contributed by atoms with Gasteiger partial charge in [-0.25, -0.2) is 0 Å². The van der Waals surface area contributed by atoms with E-state index in [9.17, 15) is 4.79 Å². The van der Waals surface area contributed by atoms with E-state index in [0.29, 0.717) is 6.04 Å². The second-order valence-electron chi connectivity index (χ2n) is 3.90. The molecule has 4 heteroatoms. The van der Waals surface area contributed by atoms with Gasteiger partial charge in [-0.3, -0.25) is 4.79 Å². The number of methoxy groups -OCH3 is 1. The molecular weight excluding hydrogens is 180 g/mol. The minimum Gasteiger partial charge on any atom is -0.383 e. The van der Waals surface area contributed by atoms with Crippen LogP contribution in [-0.2, 0) is 9.53 Å². The van der Waals surface area contributed by atoms with Crippen LogP contribution in [-0.4, -0.2) is 32.2 Å². The summed E-state index contributed by atoms with van der Waals surface area (Å²) in [6, 6.07) is 0.542. The molecule has 0 aliphatic heterocycles. The fourth-order valence-corrected chi connectivity index (χ4v) is 1.95. The van der Waals surface area contributed by atoms with Gasteiger partial charge in [0.15, 0.2) is 0 Å². The summed E-state index contributed by atoms with van der Waals surface area (Å²) in [5.41, 5.74) is 5.25. The SMILES string of the molecule is COCCNC1CCC(C(N)=O)CC1. The van der Waals surface area contributed by atoms with Gasteiger partial charge in [-0.1, -0.05) is 0 Å². The van der Waals surface area contributed by atoms with Crippen molar-refractivity contribution in [2.75, 3.05) is 20.3 Å². The molecule has 0 bridgehead atoms. The largest absolute Gasteiger partial charge is 0.383 e. The van der Waals surface area contributed by atoms with E-state index in [1.807, 2.05) is 0 Å². The van der Waals surface area contributed by atoms with Crippen molar-refractivity contribution in [3.63, 3.8) is 0 Å². The molecule has 1 fully saturated rings. The molecule has 0 aromatic heterocycles. The zero-order valence-corrected chi connectivity index (χ0v) is 8.79. The number of ether oxygens (including phenoxy) is 1. The Morgan fingerprint density at radius 2 is 2.07 bits per heavy atom. The van der Waals surface area contributed by atoms with Crippen LogP contribution in [0.5, 0.6) is 0 Å². The molecule has 4 nitrogen and oxygen atoms in total. The van der Waals surface area contributed by atoms with Crippen molar-refractivity contribution in [1.29, 1.82) is 0 Å². The van der Waals surface area contributed by atoms with Gasteiger partial charge >= 0.3 is 0 Å². The zero-order chi connectivity index (χ0) is 10.4. The predicted molar refractivity (Wildman–Crippen MR) is 54.8 cm³/mol. The van der Waals surface area contributed by atoms with E-state index in [2.05, 4.69) is 5.32 Å². The van der Waals surface area contributed by atoms with Gasteiger partial charge in [0.05, 0.1) is 6.61 Å². The molecule has 1 aliphatic carbocycles. The summed E-state index contributed by atoms with van der Waals surface area (Å²) in [6.07, 6.45) is 3.97. The van der Waals surface area contributed by atoms with E-state index < -0.39 is 0 Å². The number of nitrogens with two attached hydrogens (primary N) is 1. The van der Waals surface area contributed by atoms with Gasteiger partial charge in [-0.2, -0.15) is 0 Å². The minimum atomic E-state index is -0.139. The van der Waals surface area contributed by atoms with Gasteiger partial charge in [-0.15, -0.1) is 0 Å². The molecule has 0 unspecified atom stereocenters. The highest BCUT2D eigenvalue weighted by atomic mass is 16.5. The van der Waals surface area contributed by atoms with Gasteiger partial charge in [0.2, 0.25) is 5.91 Å². The third-order valence-electron chi connectivity index (χ3n) is 2.87. The van der Waals surface area contributed by atoms with Crippen LogP contribution >= 0.6 is 0 Å². The van der Waals surface area contributed by atoms with Crippen molar-refractivity contribution in [3.05, 3.63) is 0 Å². The first-order chi connectivity index (χ1) is 6.74. The average Bonchev–Trinajstić information content (AvgIpc) is 2.19. The van der Waals surface area contributed by atoms with Crippen molar-refractivity contribution in [1.82, 2.24) is 5.32 Å². The highest BCUT2D eigenvalue weighted by Crippen LogP contribution is 2.23. The Kier molecular flexibility index (Phi) is 4.90. The van der Waals surface area contributed by atoms with Gasteiger partial charge < -0.3 is 15.8 Å². The highest BCUT2D eigenvalue weighted by molar-refractivity contribution is 5.76. The number of hydrogen-bond donors (Lipinski definition) is 2. The quantitative estimate of drug-likeness (QED) is 0.626. The van der Waals surface area contributed by atoms with E-state index >= 15 is 0 Å². The molecule has 0 spiro atoms. The molecule has 1 aliphatic rings. The van der Waals surface area contributed by atoms with Gasteiger partial charge in [0.25, 0.3) is 0 Å². The molecule has 0 heterocycles. The van der Waals surface area contributed by atoms with Crippen molar-refractivity contribution >= 4 is 5.91 Å². The Hall–Kier alpha value is -0.610. The summed E-state index contributed by atoms with van der Waals surface area (Å²) in [5, 5.41) is 3.40. The van der Waals surface area contributed by atoms with Gasteiger partial charge in [0, 0.05) is 25.6 Å². The average molecular weight is 200 g/mol. The molecular formula is C10H20N2O2. The van der Waals surface area contributed by atoms with E-state index in [1.165, 1.54) is 0 Å². The molecule has 1 amide bonds. The Morgan fingerprint density at radius 3 is 2.57 bits per heavy atom. The second-order valence-corrected chi connectivity index (χ2v) is 3.90. The lowest BCUT2D eigenvalue weighted by Crippen LogP contribution is -2.37. The first-order valence-corrected chi connectivity index (χ1v) is 5.25. The van der Waals surface area contributed by atoms with Gasteiger partial charge in [0.1, 0.15) is 0 Å². The number of amides is 1. The number of nitrogens with one attached hydrogen (secondary N) is 1. The lowest BCUT2D eigenvalue weighted by atomic mass is 9.85. The van der Waals surface area contributed by atoms with Crippen LogP contribution in [0.15, 0.2) is 0 Å². The predicted octanol–water partition coefficient (Wildman–Crippen LogP) is 0.267. The second kappa shape index (κ2) is 5.98. The third-order valence-corrected chi connectivity index (χ3v) is 2.87. The maximum absolute atomic E-state index is 10.9. The molecule has 1 rings (SSSR count). The summed E-state index contributed by atoms with van der Waals surface area (Å²) in [7, 11) is 1.70. The zero-order valence-electron chi connectivity index (χ0n) is 8.79. The number of carbonyl (C=O) groups excluding carboxylic acids is 1. The van der Waals surface area contributed by atoms with Crippen molar-refractivity contribution < 1.29 is 9.53 Å². The lowest BCUT2D eigenvalue weighted by Gasteiger charge is -2.27. The molecule has 0 aromatic rings. The lowest BCUT2D eigenvalue weighted by molar-refractivity contribution is -0.122. The topological polar surface area (TPSA) is 64.3 Å². The van der Waals surface area contributed by atoms with E-state index in [1.54, 1.807) is 7.11 Å². The third kappa shape index (κ3) is 3.64. The molecule has 82 valence electrons. The first kappa shape index (κ1) is 11.5. The minimum absolute atomic E-state index is 0.107. The summed E-state index contributed by atoms with van der Waals surface area (Å²) in [5.74, 6) is -0.0317. The molecule has 0 aromatic carbocycles. The highest BCUT2D eigenvalue weighted by Gasteiger charge is 2.23. The Balaban J connectivity index is 2.12. The van der Waals surface area contributed by atoms with Crippen LogP contribution < -0.4 is 11.1 Å². The Labute approximate surface area is 85.2 Å². The molecule has 0 radical (unpaired) electrons. The normalized spacial score (nSPS) is 27.5. The van der Waals surface area contributed by atoms with E-state index in [4.69, 9.17) is 10.5 Å². The molecule has 1 saturated carbocycles. The Bertz CT molecular complexity index is 177. The maximum Gasteiger partial charge on any atom is 0.220 e. The van der Waals surface area contributed by atoms with Crippen LogP contribution in [0.25, 0.3) is 0 Å². The van der Waals surface area contributed by atoms with Crippen LogP contribution in [0.2, 0.25) is 0 Å². The molecule has 3 N–H and O–H groups in total. The summed E-state index contributed by atoms with van der Waals surface area (Å²) in [4.78, 5) is 10.9. The fraction of sp³-hybridized carbons (Fsp3) is 0.900. The molecule has 0 atom stereocenters. The van der Waals surface area contributed by atoms with Gasteiger partial charge in [-0.05, 0) is 25.7 Å². The molecule has 14 heavy (non-hydrogen) atoms. The van der Waals surface area contributed by atoms with Crippen LogP contribution in [0.4, 0.5) is 0 Å². The van der Waals surface area contributed by atoms with Crippen molar-refractivity contribution in [2.45, 2.75) is 31.7 Å². The smallest absolute Gasteiger partial charge is 0.220 e. The Morgan fingerprint density at radius 1 is 1.43 bits per heavy atom. The van der Waals surface area contributed by atoms with Crippen LogP contribution in [0.3, 0.4) is 0 Å². The first-order valence-electron chi connectivity index (χ1n) is 5.25.